The van der Waals surface area contributed by atoms with Gasteiger partial charge in [-0.15, -0.1) is 0 Å². The quantitative estimate of drug-likeness (QED) is 0.857. The minimum Gasteiger partial charge on any atom is -0.378 e. The summed E-state index contributed by atoms with van der Waals surface area (Å²) in [6, 6.07) is 8.72. The summed E-state index contributed by atoms with van der Waals surface area (Å²) in [5, 5.41) is 6.46. The van der Waals surface area contributed by atoms with E-state index in [0.29, 0.717) is 13.0 Å². The highest BCUT2D eigenvalue weighted by atomic mass is 16.5. The number of benzene rings is 1. The first-order valence-electron chi connectivity index (χ1n) is 7.01. The minimum atomic E-state index is 0.115. The Morgan fingerprint density at radius 2 is 2.32 bits per heavy atom. The molecule has 2 N–H and O–H groups in total. The molecular weight excluding hydrogens is 240 g/mol. The topological polar surface area (TPSA) is 50.4 Å². The summed E-state index contributed by atoms with van der Waals surface area (Å²) in [7, 11) is 0. The van der Waals surface area contributed by atoms with Crippen molar-refractivity contribution in [2.24, 2.45) is 0 Å². The fraction of sp³-hybridized carbons (Fsp3) is 0.533. The molecule has 3 rings (SSSR count). The lowest BCUT2D eigenvalue weighted by Gasteiger charge is -2.24. The van der Waals surface area contributed by atoms with Gasteiger partial charge in [0.25, 0.3) is 0 Å². The van der Waals surface area contributed by atoms with E-state index >= 15 is 0 Å². The Kier molecular flexibility index (Phi) is 3.80. The fourth-order valence-corrected chi connectivity index (χ4v) is 2.93. The molecule has 1 aliphatic heterocycles. The van der Waals surface area contributed by atoms with E-state index in [9.17, 15) is 4.79 Å². The van der Waals surface area contributed by atoms with Gasteiger partial charge < -0.3 is 15.4 Å². The number of carbonyl (C=O) groups excluding carboxylic acids is 1. The molecule has 0 saturated carbocycles. The number of carbonyl (C=O) groups is 1. The van der Waals surface area contributed by atoms with Crippen LogP contribution in [0.5, 0.6) is 0 Å². The Morgan fingerprint density at radius 3 is 3.16 bits per heavy atom. The van der Waals surface area contributed by atoms with Crippen molar-refractivity contribution in [2.45, 2.75) is 31.3 Å². The van der Waals surface area contributed by atoms with Crippen LogP contribution >= 0.6 is 0 Å². The monoisotopic (exact) mass is 260 g/mol. The van der Waals surface area contributed by atoms with E-state index in [1.54, 1.807) is 0 Å². The van der Waals surface area contributed by atoms with Gasteiger partial charge >= 0.3 is 0 Å². The zero-order valence-corrected chi connectivity index (χ0v) is 11.0. The standard InChI is InChI=1S/C15H20N2O2/c18-15(9-12-10-19-8-7-16-12)17-14-6-5-11-3-1-2-4-13(11)14/h1-4,12,14,16H,5-10H2,(H,17,18). The summed E-state index contributed by atoms with van der Waals surface area (Å²) in [5.41, 5.74) is 2.65. The molecule has 0 aromatic heterocycles. The second kappa shape index (κ2) is 5.72. The van der Waals surface area contributed by atoms with E-state index in [1.165, 1.54) is 11.1 Å². The number of hydrogen-bond donors (Lipinski definition) is 2. The van der Waals surface area contributed by atoms with Crippen LogP contribution in [0, 0.1) is 0 Å². The van der Waals surface area contributed by atoms with Crippen LogP contribution < -0.4 is 10.6 Å². The maximum absolute atomic E-state index is 12.1. The number of rotatable bonds is 3. The Bertz CT molecular complexity index is 455. The lowest BCUT2D eigenvalue weighted by atomic mass is 10.1. The fourth-order valence-electron chi connectivity index (χ4n) is 2.93. The second-order valence-electron chi connectivity index (χ2n) is 5.29. The van der Waals surface area contributed by atoms with Crippen molar-refractivity contribution in [3.8, 4) is 0 Å². The Balaban J connectivity index is 1.55. The molecule has 2 aliphatic rings. The first-order chi connectivity index (χ1) is 9.33. The minimum absolute atomic E-state index is 0.115. The van der Waals surface area contributed by atoms with Crippen LogP contribution in [0.15, 0.2) is 24.3 Å². The average molecular weight is 260 g/mol. The molecule has 1 aromatic carbocycles. The Hall–Kier alpha value is -1.39. The molecule has 1 saturated heterocycles. The summed E-state index contributed by atoms with van der Waals surface area (Å²) in [6.45, 7) is 2.22. The van der Waals surface area contributed by atoms with Crippen molar-refractivity contribution in [1.82, 2.24) is 10.6 Å². The number of morpholine rings is 1. The molecule has 0 bridgehead atoms. The number of ether oxygens (including phenoxy) is 1. The average Bonchev–Trinajstić information content (AvgIpc) is 2.83. The highest BCUT2D eigenvalue weighted by Crippen LogP contribution is 2.30. The van der Waals surface area contributed by atoms with E-state index < -0.39 is 0 Å². The predicted molar refractivity (Wildman–Crippen MR) is 72.9 cm³/mol. The maximum Gasteiger partial charge on any atom is 0.222 e. The molecule has 1 aromatic rings. The molecule has 1 fully saturated rings. The maximum atomic E-state index is 12.1. The molecular formula is C15H20N2O2. The van der Waals surface area contributed by atoms with Crippen molar-refractivity contribution in [1.29, 1.82) is 0 Å². The van der Waals surface area contributed by atoms with Crippen LogP contribution in [0.2, 0.25) is 0 Å². The molecule has 0 spiro atoms. The summed E-state index contributed by atoms with van der Waals surface area (Å²) in [4.78, 5) is 12.1. The zero-order chi connectivity index (χ0) is 13.1. The summed E-state index contributed by atoms with van der Waals surface area (Å²) < 4.78 is 5.37. The smallest absolute Gasteiger partial charge is 0.222 e. The van der Waals surface area contributed by atoms with Crippen LogP contribution in [0.1, 0.15) is 30.0 Å². The first kappa shape index (κ1) is 12.6. The van der Waals surface area contributed by atoms with Gasteiger partial charge in [-0.25, -0.2) is 0 Å². The van der Waals surface area contributed by atoms with Crippen LogP contribution in [-0.2, 0) is 16.0 Å². The highest BCUT2D eigenvalue weighted by Gasteiger charge is 2.24. The van der Waals surface area contributed by atoms with Crippen molar-refractivity contribution in [3.63, 3.8) is 0 Å². The molecule has 19 heavy (non-hydrogen) atoms. The van der Waals surface area contributed by atoms with Gasteiger partial charge in [-0.1, -0.05) is 24.3 Å². The molecule has 1 amide bonds. The van der Waals surface area contributed by atoms with E-state index in [4.69, 9.17) is 4.74 Å². The van der Waals surface area contributed by atoms with Crippen molar-refractivity contribution >= 4 is 5.91 Å². The second-order valence-corrected chi connectivity index (χ2v) is 5.29. The third kappa shape index (κ3) is 2.96. The van der Waals surface area contributed by atoms with Crippen molar-refractivity contribution in [3.05, 3.63) is 35.4 Å². The summed E-state index contributed by atoms with van der Waals surface area (Å²) >= 11 is 0. The van der Waals surface area contributed by atoms with Crippen LogP contribution in [-0.4, -0.2) is 31.7 Å². The molecule has 2 atom stereocenters. The number of aryl methyl sites for hydroxylation is 1. The zero-order valence-electron chi connectivity index (χ0n) is 11.0. The van der Waals surface area contributed by atoms with Crippen LogP contribution in [0.4, 0.5) is 0 Å². The van der Waals surface area contributed by atoms with Crippen LogP contribution in [0.3, 0.4) is 0 Å². The normalized spacial score (nSPS) is 25.9. The number of fused-ring (bicyclic) bond motifs is 1. The number of hydrogen-bond acceptors (Lipinski definition) is 3. The van der Waals surface area contributed by atoms with Gasteiger partial charge in [0.2, 0.25) is 5.91 Å². The number of nitrogens with one attached hydrogen (secondary N) is 2. The summed E-state index contributed by atoms with van der Waals surface area (Å²) in [6.07, 6.45) is 2.57. The molecule has 2 unspecified atom stereocenters. The lowest BCUT2D eigenvalue weighted by Crippen LogP contribution is -2.44. The van der Waals surface area contributed by atoms with Crippen LogP contribution in [0.25, 0.3) is 0 Å². The molecule has 102 valence electrons. The van der Waals surface area contributed by atoms with Gasteiger partial charge in [-0.2, -0.15) is 0 Å². The SMILES string of the molecule is O=C(CC1COCCN1)NC1CCc2ccccc21. The van der Waals surface area contributed by atoms with E-state index in [0.717, 1.165) is 26.0 Å². The number of amides is 1. The predicted octanol–water partition coefficient (Wildman–Crippen LogP) is 1.17. The first-order valence-corrected chi connectivity index (χ1v) is 7.01. The van der Waals surface area contributed by atoms with Gasteiger partial charge in [-0.3, -0.25) is 4.79 Å². The Labute approximate surface area is 113 Å². The van der Waals surface area contributed by atoms with Gasteiger partial charge in [0.15, 0.2) is 0 Å². The molecule has 1 heterocycles. The Morgan fingerprint density at radius 1 is 1.42 bits per heavy atom. The van der Waals surface area contributed by atoms with Gasteiger partial charge in [-0.05, 0) is 24.0 Å². The third-order valence-electron chi connectivity index (χ3n) is 3.90. The highest BCUT2D eigenvalue weighted by molar-refractivity contribution is 5.77. The van der Waals surface area contributed by atoms with Crippen molar-refractivity contribution < 1.29 is 9.53 Å². The largest absolute Gasteiger partial charge is 0.378 e. The van der Waals surface area contributed by atoms with E-state index in [-0.39, 0.29) is 18.0 Å². The summed E-state index contributed by atoms with van der Waals surface area (Å²) in [5.74, 6) is 0.115. The molecule has 4 heteroatoms. The molecule has 0 radical (unpaired) electrons. The van der Waals surface area contributed by atoms with E-state index in [1.807, 2.05) is 6.07 Å². The van der Waals surface area contributed by atoms with Gasteiger partial charge in [0.05, 0.1) is 19.3 Å². The molecule has 4 nitrogen and oxygen atoms in total. The van der Waals surface area contributed by atoms with E-state index in [2.05, 4.69) is 28.8 Å². The lowest BCUT2D eigenvalue weighted by molar-refractivity contribution is -0.123. The van der Waals surface area contributed by atoms with Gasteiger partial charge in [0.1, 0.15) is 0 Å². The molecule has 1 aliphatic carbocycles. The third-order valence-corrected chi connectivity index (χ3v) is 3.90. The van der Waals surface area contributed by atoms with Crippen molar-refractivity contribution in [2.75, 3.05) is 19.8 Å². The van der Waals surface area contributed by atoms with Gasteiger partial charge in [0, 0.05) is 19.0 Å².